The maximum atomic E-state index is 12.7. The molecule has 4 rings (SSSR count). The van der Waals surface area contributed by atoms with Gasteiger partial charge in [0.25, 0.3) is 0 Å². The Balaban J connectivity index is 1.62. The molecule has 0 spiro atoms. The van der Waals surface area contributed by atoms with Gasteiger partial charge in [-0.05, 0) is 48.8 Å². The number of carbonyl (C=O) groups is 3. The maximum absolute atomic E-state index is 12.7. The Labute approximate surface area is 127 Å². The van der Waals surface area contributed by atoms with Gasteiger partial charge in [-0.1, -0.05) is 12.1 Å². The van der Waals surface area contributed by atoms with Gasteiger partial charge in [0, 0.05) is 12.4 Å². The molecule has 0 unspecified atom stereocenters. The summed E-state index contributed by atoms with van der Waals surface area (Å²) in [5.41, 5.74) is 1.15. The molecule has 1 heterocycles. The molecule has 1 aromatic carbocycles. The minimum atomic E-state index is -1.15. The van der Waals surface area contributed by atoms with Crippen molar-refractivity contribution in [3.63, 3.8) is 0 Å². The van der Waals surface area contributed by atoms with Crippen molar-refractivity contribution in [2.45, 2.75) is 25.7 Å². The quantitative estimate of drug-likeness (QED) is 0.762. The monoisotopic (exact) mass is 298 g/mol. The molecule has 2 bridgehead atoms. The van der Waals surface area contributed by atoms with Crippen molar-refractivity contribution >= 4 is 23.5 Å². The van der Waals surface area contributed by atoms with Gasteiger partial charge in [0.15, 0.2) is 0 Å². The van der Waals surface area contributed by atoms with E-state index in [1.807, 2.05) is 0 Å². The Morgan fingerprint density at radius 3 is 2.09 bits per heavy atom. The summed E-state index contributed by atoms with van der Waals surface area (Å²) in [6.07, 6.45) is 2.97. The number of rotatable bonds is 3. The third kappa shape index (κ3) is 1.81. The van der Waals surface area contributed by atoms with E-state index in [9.17, 15) is 19.5 Å². The SMILES string of the molecule is O=C([O-])Cc1ccc(N2C(=O)[C@H]3[C@@H]4CC[C@@H](C4)[C@@H]3C2=O)cc1. The molecular formula is C17H16NO4-. The minimum absolute atomic E-state index is 0.0742. The molecule has 5 heteroatoms. The van der Waals surface area contributed by atoms with E-state index in [2.05, 4.69) is 0 Å². The number of hydrogen-bond donors (Lipinski definition) is 0. The van der Waals surface area contributed by atoms with Crippen LogP contribution in [0.25, 0.3) is 0 Å². The number of benzene rings is 1. The normalized spacial score (nSPS) is 32.6. The van der Waals surface area contributed by atoms with Crippen LogP contribution in [0.15, 0.2) is 24.3 Å². The third-order valence-electron chi connectivity index (χ3n) is 5.47. The average molecular weight is 298 g/mol. The first-order valence-corrected chi connectivity index (χ1v) is 7.73. The van der Waals surface area contributed by atoms with Crippen LogP contribution in [0.2, 0.25) is 0 Å². The van der Waals surface area contributed by atoms with Crippen molar-refractivity contribution in [1.82, 2.24) is 0 Å². The highest BCUT2D eigenvalue weighted by molar-refractivity contribution is 6.22. The molecule has 1 aliphatic heterocycles. The van der Waals surface area contributed by atoms with Crippen molar-refractivity contribution in [1.29, 1.82) is 0 Å². The predicted molar refractivity (Wildman–Crippen MR) is 75.5 cm³/mol. The Kier molecular flexibility index (Phi) is 2.86. The lowest BCUT2D eigenvalue weighted by atomic mass is 9.81. The molecule has 1 saturated heterocycles. The molecular weight excluding hydrogens is 282 g/mol. The van der Waals surface area contributed by atoms with Gasteiger partial charge in [-0.25, -0.2) is 0 Å². The van der Waals surface area contributed by atoms with E-state index in [0.29, 0.717) is 23.1 Å². The van der Waals surface area contributed by atoms with Gasteiger partial charge >= 0.3 is 0 Å². The van der Waals surface area contributed by atoms with Crippen LogP contribution in [0.1, 0.15) is 24.8 Å². The molecule has 114 valence electrons. The van der Waals surface area contributed by atoms with Gasteiger partial charge in [-0.2, -0.15) is 0 Å². The maximum Gasteiger partial charge on any atom is 0.237 e. The molecule has 22 heavy (non-hydrogen) atoms. The number of nitrogens with zero attached hydrogens (tertiary/aromatic N) is 1. The van der Waals surface area contributed by atoms with Gasteiger partial charge in [0.1, 0.15) is 0 Å². The zero-order valence-corrected chi connectivity index (χ0v) is 12.0. The van der Waals surface area contributed by atoms with Crippen LogP contribution in [0.4, 0.5) is 5.69 Å². The zero-order valence-electron chi connectivity index (χ0n) is 12.0. The Bertz CT molecular complexity index is 638. The highest BCUT2D eigenvalue weighted by Gasteiger charge is 2.61. The second-order valence-corrected chi connectivity index (χ2v) is 6.61. The third-order valence-corrected chi connectivity index (χ3v) is 5.47. The van der Waals surface area contributed by atoms with Crippen molar-refractivity contribution < 1.29 is 19.5 Å². The van der Waals surface area contributed by atoms with E-state index in [0.717, 1.165) is 19.3 Å². The molecule has 0 N–H and O–H groups in total. The lowest BCUT2D eigenvalue weighted by Crippen LogP contribution is -2.32. The fourth-order valence-corrected chi connectivity index (χ4v) is 4.59. The number of fused-ring (bicyclic) bond motifs is 5. The van der Waals surface area contributed by atoms with E-state index in [1.54, 1.807) is 24.3 Å². The van der Waals surface area contributed by atoms with Crippen LogP contribution in [0, 0.1) is 23.7 Å². The lowest BCUT2D eigenvalue weighted by molar-refractivity contribution is -0.304. The van der Waals surface area contributed by atoms with Crippen molar-refractivity contribution in [2.75, 3.05) is 4.90 Å². The number of amides is 2. The van der Waals surface area contributed by atoms with Crippen LogP contribution in [-0.4, -0.2) is 17.8 Å². The summed E-state index contributed by atoms with van der Waals surface area (Å²) < 4.78 is 0. The second-order valence-electron chi connectivity index (χ2n) is 6.61. The first-order chi connectivity index (χ1) is 10.6. The van der Waals surface area contributed by atoms with Crippen LogP contribution in [0.3, 0.4) is 0 Å². The Hall–Kier alpha value is -2.17. The largest absolute Gasteiger partial charge is 0.550 e. The molecule has 0 radical (unpaired) electrons. The number of imide groups is 1. The lowest BCUT2D eigenvalue weighted by Gasteiger charge is -2.19. The van der Waals surface area contributed by atoms with Crippen molar-refractivity contribution in [3.8, 4) is 0 Å². The Morgan fingerprint density at radius 1 is 1.05 bits per heavy atom. The first kappa shape index (κ1) is 13.5. The minimum Gasteiger partial charge on any atom is -0.550 e. The number of anilines is 1. The van der Waals surface area contributed by atoms with Gasteiger partial charge in [-0.3, -0.25) is 14.5 Å². The number of carboxylic acids is 1. The molecule has 2 amide bonds. The van der Waals surface area contributed by atoms with Gasteiger partial charge < -0.3 is 9.90 Å². The van der Waals surface area contributed by atoms with E-state index in [-0.39, 0.29) is 30.1 Å². The average Bonchev–Trinajstić information content (AvgIpc) is 3.14. The van der Waals surface area contributed by atoms with E-state index >= 15 is 0 Å². The van der Waals surface area contributed by atoms with E-state index in [4.69, 9.17) is 0 Å². The summed E-state index contributed by atoms with van der Waals surface area (Å²) in [6, 6.07) is 6.57. The number of carbonyl (C=O) groups excluding carboxylic acids is 3. The second kappa shape index (κ2) is 4.66. The smallest absolute Gasteiger partial charge is 0.237 e. The fraction of sp³-hybridized carbons (Fsp3) is 0.471. The summed E-state index contributed by atoms with van der Waals surface area (Å²) in [6.45, 7) is 0. The van der Waals surface area contributed by atoms with Crippen molar-refractivity contribution in [2.24, 2.45) is 23.7 Å². The summed E-state index contributed by atoms with van der Waals surface area (Å²) >= 11 is 0. The van der Waals surface area contributed by atoms with Gasteiger partial charge in [-0.15, -0.1) is 0 Å². The summed E-state index contributed by atoms with van der Waals surface area (Å²) in [7, 11) is 0. The summed E-state index contributed by atoms with van der Waals surface area (Å²) in [4.78, 5) is 37.2. The van der Waals surface area contributed by atoms with Crippen LogP contribution >= 0.6 is 0 Å². The molecule has 5 nitrogen and oxygen atoms in total. The van der Waals surface area contributed by atoms with E-state index in [1.165, 1.54) is 4.90 Å². The fourth-order valence-electron chi connectivity index (χ4n) is 4.59. The molecule has 0 aromatic heterocycles. The van der Waals surface area contributed by atoms with E-state index < -0.39 is 5.97 Å². The number of carboxylic acid groups (broad SMARTS) is 1. The standard InChI is InChI=1S/C17H17NO4/c19-13(20)7-9-1-5-12(6-2-9)18-16(21)14-10-3-4-11(8-10)15(14)17(18)22/h1-2,5-6,10-11,14-15H,3-4,7-8H2,(H,19,20)/p-1/t10-,11+,14-,15-/m0/s1. The van der Waals surface area contributed by atoms with Crippen LogP contribution in [0.5, 0.6) is 0 Å². The van der Waals surface area contributed by atoms with Gasteiger partial charge in [0.2, 0.25) is 11.8 Å². The van der Waals surface area contributed by atoms with Crippen LogP contribution in [-0.2, 0) is 20.8 Å². The predicted octanol–water partition coefficient (Wildman–Crippen LogP) is 0.514. The van der Waals surface area contributed by atoms with Gasteiger partial charge in [0.05, 0.1) is 17.5 Å². The molecule has 3 aliphatic rings. The zero-order chi connectivity index (χ0) is 15.4. The summed E-state index contributed by atoms with van der Waals surface area (Å²) in [5, 5.41) is 10.6. The highest BCUT2D eigenvalue weighted by Crippen LogP contribution is 2.56. The first-order valence-electron chi connectivity index (χ1n) is 7.73. The molecule has 1 aromatic rings. The molecule has 4 atom stereocenters. The number of aliphatic carboxylic acids is 1. The Morgan fingerprint density at radius 2 is 1.59 bits per heavy atom. The molecule has 2 saturated carbocycles. The molecule has 2 aliphatic carbocycles. The molecule has 3 fully saturated rings. The topological polar surface area (TPSA) is 77.5 Å². The highest BCUT2D eigenvalue weighted by atomic mass is 16.4. The summed E-state index contributed by atoms with van der Waals surface area (Å²) in [5.74, 6) is -0.817. The van der Waals surface area contributed by atoms with Crippen molar-refractivity contribution in [3.05, 3.63) is 29.8 Å². The number of hydrogen-bond acceptors (Lipinski definition) is 4. The van der Waals surface area contributed by atoms with Crippen LogP contribution < -0.4 is 10.0 Å².